The van der Waals surface area contributed by atoms with Crippen LogP contribution >= 0.6 is 0 Å². The fraction of sp³-hybridized carbons (Fsp3) is 0.278. The number of ether oxygens (including phenoxy) is 1. The highest BCUT2D eigenvalue weighted by atomic mass is 16.5. The fourth-order valence-corrected chi connectivity index (χ4v) is 1.91. The highest BCUT2D eigenvalue weighted by Gasteiger charge is 1.99. The molecule has 0 saturated heterocycles. The average Bonchev–Trinajstić information content (AvgIpc) is 2.51. The van der Waals surface area contributed by atoms with Crippen LogP contribution < -0.4 is 4.74 Å². The molecule has 1 aromatic carbocycles. The van der Waals surface area contributed by atoms with Gasteiger partial charge in [0.25, 0.3) is 0 Å². The standard InChI is InChI=1S/C18H19NO2/c1-15-13-18(8-7-17(15)6-2-3-11-20)21-12-9-16-5-4-10-19-14-16/h4-5,7-8,10,13-14,20H,3,9,11-12H2,1H3. The van der Waals surface area contributed by atoms with E-state index in [1.165, 1.54) is 5.56 Å². The third kappa shape index (κ3) is 4.94. The predicted molar refractivity (Wildman–Crippen MR) is 83.2 cm³/mol. The summed E-state index contributed by atoms with van der Waals surface area (Å²) < 4.78 is 5.76. The van der Waals surface area contributed by atoms with Crippen molar-refractivity contribution in [3.05, 3.63) is 59.4 Å². The van der Waals surface area contributed by atoms with Crippen LogP contribution in [0.2, 0.25) is 0 Å². The Hall–Kier alpha value is -2.31. The first-order valence-electron chi connectivity index (χ1n) is 7.01. The Balaban J connectivity index is 1.90. The van der Waals surface area contributed by atoms with Crippen molar-refractivity contribution in [1.82, 2.24) is 4.98 Å². The van der Waals surface area contributed by atoms with Gasteiger partial charge >= 0.3 is 0 Å². The minimum Gasteiger partial charge on any atom is -0.493 e. The van der Waals surface area contributed by atoms with Crippen molar-refractivity contribution in [2.24, 2.45) is 0 Å². The van der Waals surface area contributed by atoms with Crippen molar-refractivity contribution in [2.45, 2.75) is 19.8 Å². The number of pyridine rings is 1. The second-order valence-corrected chi connectivity index (χ2v) is 4.71. The molecule has 0 atom stereocenters. The summed E-state index contributed by atoms with van der Waals surface area (Å²) in [6.45, 7) is 2.74. The molecule has 0 aliphatic heterocycles. The number of aliphatic hydroxyl groups is 1. The van der Waals surface area contributed by atoms with Gasteiger partial charge in [-0.2, -0.15) is 0 Å². The van der Waals surface area contributed by atoms with Crippen molar-refractivity contribution in [1.29, 1.82) is 0 Å². The topological polar surface area (TPSA) is 42.4 Å². The van der Waals surface area contributed by atoms with Crippen molar-refractivity contribution < 1.29 is 9.84 Å². The molecule has 2 aromatic rings. The van der Waals surface area contributed by atoms with E-state index in [1.54, 1.807) is 6.20 Å². The Morgan fingerprint density at radius 3 is 2.90 bits per heavy atom. The molecule has 0 aliphatic rings. The summed E-state index contributed by atoms with van der Waals surface area (Å²) in [5.41, 5.74) is 3.23. The third-order valence-corrected chi connectivity index (χ3v) is 3.04. The van der Waals surface area contributed by atoms with E-state index in [0.29, 0.717) is 13.0 Å². The van der Waals surface area contributed by atoms with Gasteiger partial charge in [-0.15, -0.1) is 0 Å². The molecule has 108 valence electrons. The molecule has 2 rings (SSSR count). The number of nitrogens with zero attached hydrogens (tertiary/aromatic N) is 1. The Bertz CT molecular complexity index is 627. The monoisotopic (exact) mass is 281 g/mol. The van der Waals surface area contributed by atoms with E-state index in [4.69, 9.17) is 9.84 Å². The molecule has 0 bridgehead atoms. The second kappa shape index (κ2) is 8.08. The van der Waals surface area contributed by atoms with Crippen LogP contribution in [0.4, 0.5) is 0 Å². The Morgan fingerprint density at radius 2 is 2.19 bits per heavy atom. The molecule has 1 heterocycles. The molecule has 0 amide bonds. The molecular weight excluding hydrogens is 262 g/mol. The van der Waals surface area contributed by atoms with Crippen LogP contribution in [0, 0.1) is 18.8 Å². The van der Waals surface area contributed by atoms with Gasteiger partial charge in [-0.1, -0.05) is 17.9 Å². The maximum atomic E-state index is 8.72. The van der Waals surface area contributed by atoms with Crippen LogP contribution in [-0.4, -0.2) is 23.3 Å². The average molecular weight is 281 g/mol. The van der Waals surface area contributed by atoms with Gasteiger partial charge < -0.3 is 9.84 Å². The lowest BCUT2D eigenvalue weighted by molar-refractivity contribution is 0.305. The first-order valence-corrected chi connectivity index (χ1v) is 7.01. The Kier molecular flexibility index (Phi) is 5.81. The van der Waals surface area contributed by atoms with Crippen LogP contribution in [0.25, 0.3) is 0 Å². The number of benzene rings is 1. The van der Waals surface area contributed by atoms with Gasteiger partial charge in [-0.25, -0.2) is 0 Å². The van der Waals surface area contributed by atoms with Gasteiger partial charge in [0, 0.05) is 30.8 Å². The summed E-state index contributed by atoms with van der Waals surface area (Å²) in [7, 11) is 0. The van der Waals surface area contributed by atoms with E-state index in [0.717, 1.165) is 23.3 Å². The second-order valence-electron chi connectivity index (χ2n) is 4.71. The SMILES string of the molecule is Cc1cc(OCCc2cccnc2)ccc1C#CCCO. The van der Waals surface area contributed by atoms with Crippen molar-refractivity contribution in [3.8, 4) is 17.6 Å². The minimum absolute atomic E-state index is 0.0988. The van der Waals surface area contributed by atoms with E-state index in [1.807, 2.05) is 43.5 Å². The zero-order valence-corrected chi connectivity index (χ0v) is 12.2. The lowest BCUT2D eigenvalue weighted by Crippen LogP contribution is -2.02. The largest absolute Gasteiger partial charge is 0.493 e. The third-order valence-electron chi connectivity index (χ3n) is 3.04. The normalized spacial score (nSPS) is 9.81. The molecule has 0 aliphatic carbocycles. The lowest BCUT2D eigenvalue weighted by Gasteiger charge is -2.08. The van der Waals surface area contributed by atoms with E-state index < -0.39 is 0 Å². The summed E-state index contributed by atoms with van der Waals surface area (Å²) in [6, 6.07) is 9.85. The molecule has 1 N–H and O–H groups in total. The molecule has 1 aromatic heterocycles. The van der Waals surface area contributed by atoms with Crippen LogP contribution in [0.1, 0.15) is 23.1 Å². The van der Waals surface area contributed by atoms with Crippen LogP contribution in [0.5, 0.6) is 5.75 Å². The lowest BCUT2D eigenvalue weighted by atomic mass is 10.1. The predicted octanol–water partition coefficient (Wildman–Crippen LogP) is 2.75. The van der Waals surface area contributed by atoms with E-state index in [9.17, 15) is 0 Å². The van der Waals surface area contributed by atoms with Gasteiger partial charge in [-0.05, 0) is 42.3 Å². The first kappa shape index (κ1) is 15.1. The van der Waals surface area contributed by atoms with Gasteiger partial charge in [0.05, 0.1) is 13.2 Å². The molecule has 0 saturated carbocycles. The molecule has 0 fully saturated rings. The van der Waals surface area contributed by atoms with Gasteiger partial charge in [-0.3, -0.25) is 4.98 Å². The van der Waals surface area contributed by atoms with Gasteiger partial charge in [0.2, 0.25) is 0 Å². The van der Waals surface area contributed by atoms with E-state index in [-0.39, 0.29) is 6.61 Å². The summed E-state index contributed by atoms with van der Waals surface area (Å²) in [4.78, 5) is 4.08. The first-order chi connectivity index (χ1) is 10.3. The molecule has 21 heavy (non-hydrogen) atoms. The number of hydrogen-bond donors (Lipinski definition) is 1. The van der Waals surface area contributed by atoms with Crippen molar-refractivity contribution in [2.75, 3.05) is 13.2 Å². The highest BCUT2D eigenvalue weighted by molar-refractivity contribution is 5.44. The van der Waals surface area contributed by atoms with Crippen LogP contribution in [0.3, 0.4) is 0 Å². The number of rotatable bonds is 5. The number of aryl methyl sites for hydroxylation is 1. The summed E-state index contributed by atoms with van der Waals surface area (Å²) >= 11 is 0. The molecule has 0 unspecified atom stereocenters. The molecule has 3 heteroatoms. The Labute approximate surface area is 125 Å². The highest BCUT2D eigenvalue weighted by Crippen LogP contribution is 2.17. The summed E-state index contributed by atoms with van der Waals surface area (Å²) in [5.74, 6) is 6.83. The summed E-state index contributed by atoms with van der Waals surface area (Å²) in [5, 5.41) is 8.72. The van der Waals surface area contributed by atoms with Crippen LogP contribution in [0.15, 0.2) is 42.7 Å². The van der Waals surface area contributed by atoms with Gasteiger partial charge in [0.15, 0.2) is 0 Å². The smallest absolute Gasteiger partial charge is 0.119 e. The maximum Gasteiger partial charge on any atom is 0.119 e. The number of hydrogen-bond acceptors (Lipinski definition) is 3. The zero-order valence-electron chi connectivity index (χ0n) is 12.2. The number of aromatic nitrogens is 1. The molecule has 0 radical (unpaired) electrons. The fourth-order valence-electron chi connectivity index (χ4n) is 1.91. The van der Waals surface area contributed by atoms with E-state index >= 15 is 0 Å². The molecular formula is C18H19NO2. The number of aliphatic hydroxyl groups excluding tert-OH is 1. The quantitative estimate of drug-likeness (QED) is 0.857. The zero-order chi connectivity index (χ0) is 14.9. The van der Waals surface area contributed by atoms with E-state index in [2.05, 4.69) is 16.8 Å². The molecule has 0 spiro atoms. The van der Waals surface area contributed by atoms with Crippen molar-refractivity contribution >= 4 is 0 Å². The molecule has 3 nitrogen and oxygen atoms in total. The van der Waals surface area contributed by atoms with Crippen molar-refractivity contribution in [3.63, 3.8) is 0 Å². The minimum atomic E-state index is 0.0988. The van der Waals surface area contributed by atoms with Gasteiger partial charge in [0.1, 0.15) is 5.75 Å². The van der Waals surface area contributed by atoms with Crippen LogP contribution in [-0.2, 0) is 6.42 Å². The summed E-state index contributed by atoms with van der Waals surface area (Å²) in [6.07, 6.45) is 4.96. The Morgan fingerprint density at radius 1 is 1.29 bits per heavy atom. The maximum absolute atomic E-state index is 8.72.